The second-order valence-corrected chi connectivity index (χ2v) is 4.88. The first kappa shape index (κ1) is 15.0. The molecule has 0 aromatic heterocycles. The minimum absolute atomic E-state index is 0.381. The smallest absolute Gasteiger partial charge is 0.302 e. The molecule has 1 aromatic carbocycles. The van der Waals surface area contributed by atoms with Crippen molar-refractivity contribution >= 4 is 5.97 Å². The van der Waals surface area contributed by atoms with E-state index in [1.807, 2.05) is 30.3 Å². The van der Waals surface area contributed by atoms with Gasteiger partial charge in [-0.05, 0) is 26.0 Å². The van der Waals surface area contributed by atoms with Gasteiger partial charge >= 0.3 is 5.97 Å². The number of para-hydroxylation sites is 1. The van der Waals surface area contributed by atoms with E-state index in [4.69, 9.17) is 14.7 Å². The van der Waals surface area contributed by atoms with E-state index in [0.29, 0.717) is 13.0 Å². The van der Waals surface area contributed by atoms with Gasteiger partial charge in [0, 0.05) is 13.3 Å². The molecule has 0 aliphatic carbocycles. The fourth-order valence-corrected chi connectivity index (χ4v) is 1.64. The van der Waals surface area contributed by atoms with Gasteiger partial charge in [-0.25, -0.2) is 0 Å². The molecule has 1 aromatic rings. The second kappa shape index (κ2) is 6.79. The number of ether oxygens (including phenoxy) is 2. The average Bonchev–Trinajstić information content (AvgIpc) is 2.38. The number of hydrogen-bond donors (Lipinski definition) is 0. The van der Waals surface area contributed by atoms with Crippen molar-refractivity contribution in [1.82, 2.24) is 0 Å². The van der Waals surface area contributed by atoms with Crippen LogP contribution in [0.1, 0.15) is 27.2 Å². The number of nitriles is 1. The van der Waals surface area contributed by atoms with Gasteiger partial charge in [0.2, 0.25) is 0 Å². The summed E-state index contributed by atoms with van der Waals surface area (Å²) in [6, 6.07) is 11.6. The Morgan fingerprint density at radius 2 is 2.00 bits per heavy atom. The maximum atomic E-state index is 11.1. The molecule has 1 rings (SSSR count). The molecule has 0 saturated carbocycles. The standard InChI is InChI=1S/C15H19NO3/c1-12(17)19-14(15(2,3)11-16)9-10-18-13-7-5-4-6-8-13/h4-8,14H,9-10H2,1-3H3/t14-/m0/s1. The SMILES string of the molecule is CC(=O)O[C@@H](CCOc1ccccc1)C(C)(C)C#N. The van der Waals surface area contributed by atoms with E-state index in [1.165, 1.54) is 6.92 Å². The minimum atomic E-state index is -0.730. The molecule has 0 heterocycles. The summed E-state index contributed by atoms with van der Waals surface area (Å²) >= 11 is 0. The van der Waals surface area contributed by atoms with Crippen LogP contribution in [0.2, 0.25) is 0 Å². The number of benzene rings is 1. The summed E-state index contributed by atoms with van der Waals surface area (Å²) in [6.07, 6.45) is 0.00777. The molecular weight excluding hydrogens is 242 g/mol. The number of nitrogens with zero attached hydrogens (tertiary/aromatic N) is 1. The molecule has 0 bridgehead atoms. The van der Waals surface area contributed by atoms with Crippen LogP contribution < -0.4 is 4.74 Å². The van der Waals surface area contributed by atoms with E-state index >= 15 is 0 Å². The Kier molecular flexibility index (Phi) is 5.37. The number of hydrogen-bond acceptors (Lipinski definition) is 4. The van der Waals surface area contributed by atoms with Gasteiger partial charge in [0.1, 0.15) is 11.9 Å². The molecule has 102 valence electrons. The molecule has 0 N–H and O–H groups in total. The van der Waals surface area contributed by atoms with E-state index < -0.39 is 11.5 Å². The molecule has 4 heteroatoms. The highest BCUT2D eigenvalue weighted by atomic mass is 16.5. The molecule has 0 saturated heterocycles. The first-order valence-corrected chi connectivity index (χ1v) is 6.22. The average molecular weight is 261 g/mol. The summed E-state index contributed by atoms with van der Waals surface area (Å²) in [5, 5.41) is 9.11. The highest BCUT2D eigenvalue weighted by Crippen LogP contribution is 2.25. The molecular formula is C15H19NO3. The summed E-state index contributed by atoms with van der Waals surface area (Å²) in [6.45, 7) is 5.25. The van der Waals surface area contributed by atoms with Gasteiger partial charge in [0.25, 0.3) is 0 Å². The molecule has 0 spiro atoms. The molecule has 0 unspecified atom stereocenters. The number of rotatable bonds is 6. The molecule has 0 aliphatic rings. The summed E-state index contributed by atoms with van der Waals surface area (Å²) in [4.78, 5) is 11.1. The third-order valence-electron chi connectivity index (χ3n) is 2.79. The third-order valence-corrected chi connectivity index (χ3v) is 2.79. The largest absolute Gasteiger partial charge is 0.493 e. The summed E-state index contributed by atoms with van der Waals surface area (Å²) in [5.41, 5.74) is -0.730. The zero-order valence-corrected chi connectivity index (χ0v) is 11.6. The zero-order chi connectivity index (χ0) is 14.3. The van der Waals surface area contributed by atoms with Crippen LogP contribution in [0, 0.1) is 16.7 Å². The third kappa shape index (κ3) is 5.01. The van der Waals surface area contributed by atoms with E-state index in [0.717, 1.165) is 5.75 Å². The summed E-state index contributed by atoms with van der Waals surface area (Å²) < 4.78 is 10.8. The van der Waals surface area contributed by atoms with Gasteiger partial charge in [0.05, 0.1) is 18.1 Å². The van der Waals surface area contributed by atoms with Crippen molar-refractivity contribution < 1.29 is 14.3 Å². The van der Waals surface area contributed by atoms with Crippen LogP contribution in [-0.2, 0) is 9.53 Å². The van der Waals surface area contributed by atoms with E-state index in [1.54, 1.807) is 13.8 Å². The van der Waals surface area contributed by atoms with Crippen molar-refractivity contribution in [2.24, 2.45) is 5.41 Å². The summed E-state index contributed by atoms with van der Waals surface area (Å²) in [5.74, 6) is 0.381. The molecule has 0 amide bonds. The second-order valence-electron chi connectivity index (χ2n) is 4.88. The Morgan fingerprint density at radius 1 is 1.37 bits per heavy atom. The number of carbonyl (C=O) groups is 1. The molecule has 19 heavy (non-hydrogen) atoms. The lowest BCUT2D eigenvalue weighted by molar-refractivity contribution is -0.151. The molecule has 1 atom stereocenters. The lowest BCUT2D eigenvalue weighted by Crippen LogP contribution is -2.33. The van der Waals surface area contributed by atoms with Crippen molar-refractivity contribution in [2.75, 3.05) is 6.61 Å². The quantitative estimate of drug-likeness (QED) is 0.739. The van der Waals surface area contributed by atoms with Crippen LogP contribution in [0.3, 0.4) is 0 Å². The van der Waals surface area contributed by atoms with Crippen molar-refractivity contribution in [2.45, 2.75) is 33.3 Å². The van der Waals surface area contributed by atoms with Crippen LogP contribution in [0.4, 0.5) is 0 Å². The lowest BCUT2D eigenvalue weighted by Gasteiger charge is -2.27. The summed E-state index contributed by atoms with van der Waals surface area (Å²) in [7, 11) is 0. The molecule has 0 fully saturated rings. The Morgan fingerprint density at radius 3 is 2.53 bits per heavy atom. The van der Waals surface area contributed by atoms with Crippen LogP contribution in [0.25, 0.3) is 0 Å². The zero-order valence-electron chi connectivity index (χ0n) is 11.6. The maximum absolute atomic E-state index is 11.1. The molecule has 0 radical (unpaired) electrons. The number of carbonyl (C=O) groups excluding carboxylic acids is 1. The maximum Gasteiger partial charge on any atom is 0.302 e. The predicted molar refractivity (Wildman–Crippen MR) is 71.5 cm³/mol. The van der Waals surface area contributed by atoms with Crippen LogP contribution in [-0.4, -0.2) is 18.7 Å². The Bertz CT molecular complexity index is 448. The van der Waals surface area contributed by atoms with E-state index in [9.17, 15) is 4.79 Å². The molecule has 4 nitrogen and oxygen atoms in total. The fraction of sp³-hybridized carbons (Fsp3) is 0.467. The van der Waals surface area contributed by atoms with Crippen molar-refractivity contribution in [3.8, 4) is 11.8 Å². The van der Waals surface area contributed by atoms with Gasteiger partial charge in [-0.1, -0.05) is 18.2 Å². The Balaban J connectivity index is 2.55. The van der Waals surface area contributed by atoms with Gasteiger partial charge in [-0.3, -0.25) is 4.79 Å². The van der Waals surface area contributed by atoms with Crippen molar-refractivity contribution in [3.05, 3.63) is 30.3 Å². The monoisotopic (exact) mass is 261 g/mol. The van der Waals surface area contributed by atoms with Gasteiger partial charge in [-0.2, -0.15) is 5.26 Å². The Labute approximate surface area is 113 Å². The Hall–Kier alpha value is -2.02. The van der Waals surface area contributed by atoms with Crippen LogP contribution >= 0.6 is 0 Å². The van der Waals surface area contributed by atoms with Crippen molar-refractivity contribution in [3.63, 3.8) is 0 Å². The normalized spacial score (nSPS) is 12.3. The topological polar surface area (TPSA) is 59.3 Å². The van der Waals surface area contributed by atoms with E-state index in [-0.39, 0.29) is 5.97 Å². The van der Waals surface area contributed by atoms with Crippen LogP contribution in [0.5, 0.6) is 5.75 Å². The van der Waals surface area contributed by atoms with Crippen molar-refractivity contribution in [1.29, 1.82) is 5.26 Å². The van der Waals surface area contributed by atoms with Gasteiger partial charge < -0.3 is 9.47 Å². The minimum Gasteiger partial charge on any atom is -0.493 e. The highest BCUT2D eigenvalue weighted by molar-refractivity contribution is 5.66. The number of esters is 1. The first-order chi connectivity index (χ1) is 8.95. The lowest BCUT2D eigenvalue weighted by atomic mass is 9.86. The highest BCUT2D eigenvalue weighted by Gasteiger charge is 2.32. The first-order valence-electron chi connectivity index (χ1n) is 6.22. The van der Waals surface area contributed by atoms with Gasteiger partial charge in [-0.15, -0.1) is 0 Å². The van der Waals surface area contributed by atoms with E-state index in [2.05, 4.69) is 6.07 Å². The van der Waals surface area contributed by atoms with Crippen LogP contribution in [0.15, 0.2) is 30.3 Å². The van der Waals surface area contributed by atoms with Gasteiger partial charge in [0.15, 0.2) is 0 Å². The fourth-order valence-electron chi connectivity index (χ4n) is 1.64. The molecule has 0 aliphatic heterocycles. The predicted octanol–water partition coefficient (Wildman–Crippen LogP) is 2.94.